The van der Waals surface area contributed by atoms with E-state index in [1.54, 1.807) is 36.9 Å². The number of carbonyl (C=O) groups excluding carboxylic acids is 3. The fourth-order valence-corrected chi connectivity index (χ4v) is 4.04. The zero-order chi connectivity index (χ0) is 29.4. The second-order valence-electron chi connectivity index (χ2n) is 9.85. The van der Waals surface area contributed by atoms with Crippen LogP contribution in [0.3, 0.4) is 0 Å². The molecule has 3 rings (SSSR count). The Morgan fingerprint density at radius 3 is 2.30 bits per heavy atom. The van der Waals surface area contributed by atoms with E-state index in [1.807, 2.05) is 0 Å². The van der Waals surface area contributed by atoms with Gasteiger partial charge in [0.1, 0.15) is 18.4 Å². The van der Waals surface area contributed by atoms with Crippen LogP contribution in [0.15, 0.2) is 30.5 Å². The Labute approximate surface area is 228 Å². The van der Waals surface area contributed by atoms with E-state index in [4.69, 9.17) is 9.47 Å². The monoisotopic (exact) mass is 569 g/mol. The molecule has 2 amide bonds. The summed E-state index contributed by atoms with van der Waals surface area (Å²) in [5, 5.41) is 13.2. The van der Waals surface area contributed by atoms with Crippen LogP contribution in [0.2, 0.25) is 0 Å². The molecule has 2 aromatic rings. The van der Waals surface area contributed by atoms with Crippen molar-refractivity contribution in [1.82, 2.24) is 15.2 Å². The summed E-state index contributed by atoms with van der Waals surface area (Å²) in [6.07, 6.45) is -0.141. The predicted molar refractivity (Wildman–Crippen MR) is 133 cm³/mol. The summed E-state index contributed by atoms with van der Waals surface area (Å²) in [6.45, 7) is 3.32. The molecule has 0 radical (unpaired) electrons. The summed E-state index contributed by atoms with van der Waals surface area (Å²) in [5.41, 5.74) is 0.277. The number of halogens is 4. The summed E-state index contributed by atoms with van der Waals surface area (Å²) in [5.74, 6) is -10.5. The van der Waals surface area contributed by atoms with Crippen molar-refractivity contribution in [3.8, 4) is 5.75 Å². The van der Waals surface area contributed by atoms with Gasteiger partial charge in [-0.1, -0.05) is 19.9 Å². The number of aliphatic hydroxyl groups excluding tert-OH is 1. The standard InChI is InChI=1S/C27H31F4N3O6/c1-15(2)13-39-22(36)12-20(21(35)14-40-25-23(30)17(28)11-18(29)24(25)31)33-26(37)16-6-9-34(10-7-16)27(38)19-5-3-4-8-32-19/h3-5,8,11,15-16,20-21,35H,6-7,9-10,12-14H2,1-2H3,(H,33,37)/t20-,21?/m0/s1. The molecule has 218 valence electrons. The number of rotatable bonds is 11. The number of benzene rings is 1. The smallest absolute Gasteiger partial charge is 0.307 e. The van der Waals surface area contributed by atoms with E-state index in [1.165, 1.54) is 6.20 Å². The number of ether oxygens (including phenoxy) is 2. The highest BCUT2D eigenvalue weighted by molar-refractivity contribution is 5.92. The first kappa shape index (κ1) is 30.8. The molecule has 2 atom stereocenters. The number of amides is 2. The van der Waals surface area contributed by atoms with Gasteiger partial charge in [-0.15, -0.1) is 0 Å². The normalized spacial score (nSPS) is 15.4. The van der Waals surface area contributed by atoms with Crippen LogP contribution in [-0.2, 0) is 14.3 Å². The summed E-state index contributed by atoms with van der Waals surface area (Å²) < 4.78 is 64.9. The van der Waals surface area contributed by atoms with Gasteiger partial charge in [0.25, 0.3) is 5.91 Å². The van der Waals surface area contributed by atoms with Crippen molar-refractivity contribution in [1.29, 1.82) is 0 Å². The van der Waals surface area contributed by atoms with Crippen LogP contribution in [0.25, 0.3) is 0 Å². The van der Waals surface area contributed by atoms with Crippen molar-refractivity contribution in [2.24, 2.45) is 11.8 Å². The third-order valence-corrected chi connectivity index (χ3v) is 6.26. The molecule has 0 aliphatic carbocycles. The van der Waals surface area contributed by atoms with Gasteiger partial charge in [-0.05, 0) is 30.9 Å². The van der Waals surface area contributed by atoms with Gasteiger partial charge in [0.15, 0.2) is 17.4 Å². The van der Waals surface area contributed by atoms with E-state index in [9.17, 15) is 37.1 Å². The van der Waals surface area contributed by atoms with E-state index < -0.39 is 72.0 Å². The number of esters is 1. The van der Waals surface area contributed by atoms with Gasteiger partial charge in [0, 0.05) is 31.3 Å². The van der Waals surface area contributed by atoms with Crippen molar-refractivity contribution in [2.45, 2.75) is 45.3 Å². The molecular weight excluding hydrogens is 538 g/mol. The number of aliphatic hydroxyl groups is 1. The Morgan fingerprint density at radius 2 is 1.73 bits per heavy atom. The Balaban J connectivity index is 1.64. The number of likely N-dealkylation sites (tertiary alicyclic amines) is 1. The number of carbonyl (C=O) groups is 3. The molecule has 1 aromatic heterocycles. The van der Waals surface area contributed by atoms with Crippen molar-refractivity contribution >= 4 is 17.8 Å². The molecular formula is C27H31F4N3O6. The lowest BCUT2D eigenvalue weighted by Crippen LogP contribution is -2.51. The highest BCUT2D eigenvalue weighted by Crippen LogP contribution is 2.27. The first-order chi connectivity index (χ1) is 19.0. The van der Waals surface area contributed by atoms with Gasteiger partial charge in [-0.3, -0.25) is 19.4 Å². The van der Waals surface area contributed by atoms with Gasteiger partial charge in [-0.2, -0.15) is 8.78 Å². The van der Waals surface area contributed by atoms with Crippen LogP contribution in [0.5, 0.6) is 5.75 Å². The van der Waals surface area contributed by atoms with Crippen LogP contribution in [0, 0.1) is 35.1 Å². The minimum absolute atomic E-state index is 0.0109. The average Bonchev–Trinajstić information content (AvgIpc) is 2.94. The molecule has 1 aliphatic heterocycles. The Kier molecular flexibility index (Phi) is 10.8. The highest BCUT2D eigenvalue weighted by atomic mass is 19.2. The zero-order valence-corrected chi connectivity index (χ0v) is 22.0. The summed E-state index contributed by atoms with van der Waals surface area (Å²) in [7, 11) is 0. The molecule has 1 fully saturated rings. The third kappa shape index (κ3) is 8.13. The van der Waals surface area contributed by atoms with Gasteiger partial charge < -0.3 is 24.8 Å². The van der Waals surface area contributed by atoms with Gasteiger partial charge in [-0.25, -0.2) is 8.78 Å². The SMILES string of the molecule is CC(C)COC(=O)C[C@H](NC(=O)C1CCN(C(=O)c2ccccn2)CC1)C(O)COc1c(F)c(F)cc(F)c1F. The molecule has 0 bridgehead atoms. The predicted octanol–water partition coefficient (Wildman–Crippen LogP) is 3.00. The first-order valence-corrected chi connectivity index (χ1v) is 12.8. The van der Waals surface area contributed by atoms with E-state index in [0.29, 0.717) is 12.8 Å². The minimum Gasteiger partial charge on any atom is -0.485 e. The van der Waals surface area contributed by atoms with Crippen LogP contribution < -0.4 is 10.1 Å². The maximum absolute atomic E-state index is 14.0. The zero-order valence-electron chi connectivity index (χ0n) is 22.0. The fraction of sp³-hybridized carbons (Fsp3) is 0.481. The molecule has 1 saturated heterocycles. The first-order valence-electron chi connectivity index (χ1n) is 12.8. The number of pyridine rings is 1. The lowest BCUT2D eigenvalue weighted by atomic mass is 9.94. The topological polar surface area (TPSA) is 118 Å². The second-order valence-corrected chi connectivity index (χ2v) is 9.85. The summed E-state index contributed by atoms with van der Waals surface area (Å²) in [6, 6.07) is 3.66. The third-order valence-electron chi connectivity index (χ3n) is 6.26. The maximum Gasteiger partial charge on any atom is 0.307 e. The maximum atomic E-state index is 14.0. The number of nitrogens with one attached hydrogen (secondary N) is 1. The van der Waals surface area contributed by atoms with E-state index >= 15 is 0 Å². The molecule has 1 aromatic carbocycles. The quantitative estimate of drug-likeness (QED) is 0.243. The van der Waals surface area contributed by atoms with Crippen LogP contribution in [0.1, 0.15) is 43.6 Å². The number of aromatic nitrogens is 1. The Bertz CT molecular complexity index is 1170. The number of hydrogen-bond donors (Lipinski definition) is 2. The minimum atomic E-state index is -1.80. The van der Waals surface area contributed by atoms with Crippen LogP contribution in [0.4, 0.5) is 17.6 Å². The Hall–Kier alpha value is -3.74. The average molecular weight is 570 g/mol. The van der Waals surface area contributed by atoms with E-state index in [-0.39, 0.29) is 43.3 Å². The van der Waals surface area contributed by atoms with Crippen molar-refractivity contribution in [2.75, 3.05) is 26.3 Å². The lowest BCUT2D eigenvalue weighted by Gasteiger charge is -2.32. The highest BCUT2D eigenvalue weighted by Gasteiger charge is 2.33. The molecule has 2 heterocycles. The molecule has 1 unspecified atom stereocenters. The van der Waals surface area contributed by atoms with Gasteiger partial charge in [0.05, 0.1) is 19.1 Å². The largest absolute Gasteiger partial charge is 0.485 e. The number of nitrogens with zero attached hydrogens (tertiary/aromatic N) is 2. The van der Waals surface area contributed by atoms with Crippen LogP contribution >= 0.6 is 0 Å². The van der Waals surface area contributed by atoms with Crippen LogP contribution in [-0.4, -0.2) is 71.2 Å². The molecule has 0 saturated carbocycles. The molecule has 2 N–H and O–H groups in total. The molecule has 40 heavy (non-hydrogen) atoms. The molecule has 1 aliphatic rings. The fourth-order valence-electron chi connectivity index (χ4n) is 4.04. The molecule has 13 heteroatoms. The van der Waals surface area contributed by atoms with Crippen molar-refractivity contribution < 1.29 is 46.5 Å². The second kappa shape index (κ2) is 14.1. The molecule has 0 spiro atoms. The summed E-state index contributed by atoms with van der Waals surface area (Å²) in [4.78, 5) is 43.6. The van der Waals surface area contributed by atoms with Gasteiger partial charge >= 0.3 is 5.97 Å². The van der Waals surface area contributed by atoms with E-state index in [0.717, 1.165) is 0 Å². The summed E-state index contributed by atoms with van der Waals surface area (Å²) >= 11 is 0. The number of hydrogen-bond acceptors (Lipinski definition) is 7. The van der Waals surface area contributed by atoms with Gasteiger partial charge in [0.2, 0.25) is 17.5 Å². The van der Waals surface area contributed by atoms with Crippen molar-refractivity contribution in [3.05, 3.63) is 59.4 Å². The Morgan fingerprint density at radius 1 is 1.07 bits per heavy atom. The number of piperidine rings is 1. The lowest BCUT2D eigenvalue weighted by molar-refractivity contribution is -0.146. The molecule has 9 nitrogen and oxygen atoms in total. The van der Waals surface area contributed by atoms with E-state index in [2.05, 4.69) is 10.3 Å². The van der Waals surface area contributed by atoms with Crippen molar-refractivity contribution in [3.63, 3.8) is 0 Å².